The SMILES string of the molecule is CCNC(=O)NC1(C2CNCCC2(C)C(=O)OC)N=CC=CN1c1cc(-c2ccccn2)c2scnc2c1. The van der Waals surface area contributed by atoms with Crippen molar-refractivity contribution in [1.82, 2.24) is 25.9 Å². The highest BCUT2D eigenvalue weighted by molar-refractivity contribution is 7.17. The molecule has 2 aliphatic rings. The maximum atomic E-state index is 13.2. The lowest BCUT2D eigenvalue weighted by Gasteiger charge is -2.53. The summed E-state index contributed by atoms with van der Waals surface area (Å²) in [6.07, 6.45) is 7.64. The second-order valence-electron chi connectivity index (χ2n) is 9.52. The van der Waals surface area contributed by atoms with Crippen molar-refractivity contribution in [3.8, 4) is 11.3 Å². The number of anilines is 1. The van der Waals surface area contributed by atoms with Gasteiger partial charge in [-0.05, 0) is 57.2 Å². The molecule has 4 heterocycles. The number of aliphatic imine (C=N–C) groups is 1. The van der Waals surface area contributed by atoms with E-state index in [1.54, 1.807) is 23.7 Å². The zero-order valence-electron chi connectivity index (χ0n) is 21.6. The van der Waals surface area contributed by atoms with E-state index in [4.69, 9.17) is 9.73 Å². The quantitative estimate of drug-likeness (QED) is 0.415. The molecule has 0 saturated carbocycles. The van der Waals surface area contributed by atoms with Crippen molar-refractivity contribution in [1.29, 1.82) is 0 Å². The van der Waals surface area contributed by atoms with Gasteiger partial charge in [-0.25, -0.2) is 14.8 Å². The fourth-order valence-electron chi connectivity index (χ4n) is 5.41. The number of pyridine rings is 1. The number of urea groups is 1. The number of hydrogen-bond acceptors (Lipinski definition) is 9. The van der Waals surface area contributed by atoms with Gasteiger partial charge in [0.2, 0.25) is 5.79 Å². The number of aromatic nitrogens is 2. The van der Waals surface area contributed by atoms with E-state index in [9.17, 15) is 9.59 Å². The number of nitrogens with zero attached hydrogens (tertiary/aromatic N) is 4. The molecular weight excluding hydrogens is 502 g/mol. The van der Waals surface area contributed by atoms with Crippen LogP contribution < -0.4 is 20.9 Å². The Morgan fingerprint density at radius 3 is 2.92 bits per heavy atom. The highest BCUT2D eigenvalue weighted by Crippen LogP contribution is 2.46. The molecular formula is C27H31N7O3S. The van der Waals surface area contributed by atoms with Gasteiger partial charge in [-0.3, -0.25) is 15.1 Å². The summed E-state index contributed by atoms with van der Waals surface area (Å²) >= 11 is 1.55. The molecule has 0 radical (unpaired) electrons. The van der Waals surface area contributed by atoms with Gasteiger partial charge in [0.05, 0.1) is 39.9 Å². The number of piperidine rings is 1. The maximum absolute atomic E-state index is 13.2. The fraction of sp³-hybridized carbons (Fsp3) is 0.370. The first-order valence-electron chi connectivity index (χ1n) is 12.6. The van der Waals surface area contributed by atoms with E-state index in [0.29, 0.717) is 26.1 Å². The van der Waals surface area contributed by atoms with E-state index in [0.717, 1.165) is 27.2 Å². The number of methoxy groups -OCH3 is 1. The van der Waals surface area contributed by atoms with Gasteiger partial charge in [0.25, 0.3) is 0 Å². The average Bonchev–Trinajstić information content (AvgIpc) is 3.42. The summed E-state index contributed by atoms with van der Waals surface area (Å²) in [5.41, 5.74) is 4.19. The molecule has 0 spiro atoms. The molecule has 1 aromatic carbocycles. The Kier molecular flexibility index (Phi) is 7.13. The zero-order chi connectivity index (χ0) is 26.8. The summed E-state index contributed by atoms with van der Waals surface area (Å²) in [4.78, 5) is 42.4. The monoisotopic (exact) mass is 533 g/mol. The van der Waals surface area contributed by atoms with Gasteiger partial charge in [-0.1, -0.05) is 6.07 Å². The van der Waals surface area contributed by atoms with Crippen molar-refractivity contribution in [3.63, 3.8) is 0 Å². The fourth-order valence-corrected chi connectivity index (χ4v) is 6.21. The lowest BCUT2D eigenvalue weighted by Crippen LogP contribution is -2.71. The number of carbonyl (C=O) groups excluding carboxylic acids is 2. The van der Waals surface area contributed by atoms with E-state index in [1.807, 2.05) is 66.9 Å². The second-order valence-corrected chi connectivity index (χ2v) is 10.4. The molecule has 2 aromatic heterocycles. The molecule has 1 fully saturated rings. The minimum Gasteiger partial charge on any atom is -0.469 e. The summed E-state index contributed by atoms with van der Waals surface area (Å²) < 4.78 is 6.29. The normalized spacial score (nSPS) is 24.8. The largest absolute Gasteiger partial charge is 0.469 e. The summed E-state index contributed by atoms with van der Waals surface area (Å²) in [7, 11) is 1.40. The third kappa shape index (κ3) is 4.41. The van der Waals surface area contributed by atoms with Gasteiger partial charge in [0.15, 0.2) is 0 Å². The predicted octanol–water partition coefficient (Wildman–Crippen LogP) is 3.52. The van der Waals surface area contributed by atoms with Crippen LogP contribution in [0, 0.1) is 11.3 Å². The van der Waals surface area contributed by atoms with Crippen LogP contribution in [0.2, 0.25) is 0 Å². The van der Waals surface area contributed by atoms with Crippen LogP contribution in [0.5, 0.6) is 0 Å². The third-order valence-corrected chi connectivity index (χ3v) is 8.18. The number of hydrogen-bond donors (Lipinski definition) is 3. The number of rotatable bonds is 6. The van der Waals surface area contributed by atoms with Crippen LogP contribution >= 0.6 is 11.3 Å². The lowest BCUT2D eigenvalue weighted by atomic mass is 9.68. The molecule has 11 heteroatoms. The van der Waals surface area contributed by atoms with Crippen LogP contribution in [0.15, 0.2) is 59.3 Å². The summed E-state index contributed by atoms with van der Waals surface area (Å²) in [6.45, 7) is 5.26. The van der Waals surface area contributed by atoms with Gasteiger partial charge in [0.1, 0.15) is 0 Å². The Hall–Kier alpha value is -3.83. The molecule has 2 aliphatic heterocycles. The highest BCUT2D eigenvalue weighted by atomic mass is 32.1. The number of fused-ring (bicyclic) bond motifs is 1. The molecule has 3 aromatic rings. The topological polar surface area (TPSA) is 121 Å². The summed E-state index contributed by atoms with van der Waals surface area (Å²) in [6, 6.07) is 9.41. The van der Waals surface area contributed by atoms with E-state index in [-0.39, 0.29) is 12.0 Å². The predicted molar refractivity (Wildman–Crippen MR) is 149 cm³/mol. The first-order chi connectivity index (χ1) is 18.4. The van der Waals surface area contributed by atoms with E-state index < -0.39 is 17.1 Å². The molecule has 0 aliphatic carbocycles. The molecule has 10 nitrogen and oxygen atoms in total. The maximum Gasteiger partial charge on any atom is 0.318 e. The Morgan fingerprint density at radius 1 is 1.29 bits per heavy atom. The molecule has 38 heavy (non-hydrogen) atoms. The van der Waals surface area contributed by atoms with Gasteiger partial charge in [-0.2, -0.15) is 0 Å². The Morgan fingerprint density at radius 2 is 2.16 bits per heavy atom. The highest BCUT2D eigenvalue weighted by Gasteiger charge is 2.58. The molecule has 3 unspecified atom stereocenters. The van der Waals surface area contributed by atoms with Crippen LogP contribution in [-0.4, -0.2) is 60.7 Å². The Balaban J connectivity index is 1.71. The van der Waals surface area contributed by atoms with Gasteiger partial charge in [-0.15, -0.1) is 11.3 Å². The molecule has 2 amide bonds. The minimum atomic E-state index is -1.34. The number of esters is 1. The minimum absolute atomic E-state index is 0.338. The Bertz CT molecular complexity index is 1390. The molecule has 3 atom stereocenters. The molecule has 5 rings (SSSR count). The van der Waals surface area contributed by atoms with Crippen LogP contribution in [0.25, 0.3) is 21.5 Å². The van der Waals surface area contributed by atoms with E-state index in [1.165, 1.54) is 7.11 Å². The van der Waals surface area contributed by atoms with Crippen LogP contribution in [0.1, 0.15) is 20.3 Å². The van der Waals surface area contributed by atoms with Crippen LogP contribution in [0.3, 0.4) is 0 Å². The number of amides is 2. The van der Waals surface area contributed by atoms with Crippen molar-refractivity contribution >= 4 is 45.5 Å². The number of benzene rings is 1. The van der Waals surface area contributed by atoms with Gasteiger partial charge < -0.3 is 20.3 Å². The average molecular weight is 534 g/mol. The second kappa shape index (κ2) is 10.5. The van der Waals surface area contributed by atoms with Crippen molar-refractivity contribution in [2.45, 2.75) is 26.1 Å². The Labute approximate surface area is 225 Å². The van der Waals surface area contributed by atoms with Crippen molar-refractivity contribution in [2.75, 3.05) is 31.6 Å². The standard InChI is InChI=1S/C27H31N7O3S/c1-4-29-25(36)33-27(22-16-28-12-9-26(22,2)24(35)37-3)32-11-7-13-34(27)18-14-19(20-8-5-6-10-30-20)23-21(15-18)31-17-38-23/h5-8,10-11,13-15,17,22,28H,4,9,12,16H2,1-3H3,(H2,29,33,36). The van der Waals surface area contributed by atoms with E-state index in [2.05, 4.69) is 25.9 Å². The number of nitrogens with one attached hydrogen (secondary N) is 3. The zero-order valence-corrected chi connectivity index (χ0v) is 22.4. The third-order valence-electron chi connectivity index (χ3n) is 7.31. The smallest absolute Gasteiger partial charge is 0.318 e. The van der Waals surface area contributed by atoms with E-state index >= 15 is 0 Å². The van der Waals surface area contributed by atoms with Crippen molar-refractivity contribution < 1.29 is 14.3 Å². The van der Waals surface area contributed by atoms with Crippen molar-refractivity contribution in [2.24, 2.45) is 16.3 Å². The summed E-state index contributed by atoms with van der Waals surface area (Å²) in [5.74, 6) is -2.16. The molecule has 1 saturated heterocycles. The van der Waals surface area contributed by atoms with Crippen molar-refractivity contribution in [3.05, 3.63) is 54.3 Å². The molecule has 0 bridgehead atoms. The number of thiazole rings is 1. The van der Waals surface area contributed by atoms with Gasteiger partial charge >= 0.3 is 12.0 Å². The van der Waals surface area contributed by atoms with Crippen LogP contribution in [-0.2, 0) is 9.53 Å². The summed E-state index contributed by atoms with van der Waals surface area (Å²) in [5, 5.41) is 9.37. The number of allylic oxidation sites excluding steroid dienone is 1. The lowest BCUT2D eigenvalue weighted by molar-refractivity contribution is -0.159. The van der Waals surface area contributed by atoms with Crippen LogP contribution in [0.4, 0.5) is 10.5 Å². The number of carbonyl (C=O) groups is 2. The first kappa shape index (κ1) is 25.8. The molecule has 198 valence electrons. The first-order valence-corrected chi connectivity index (χ1v) is 13.5. The van der Waals surface area contributed by atoms with Gasteiger partial charge in [0, 0.05) is 43.0 Å². The number of ether oxygens (including phenoxy) is 1. The molecule has 3 N–H and O–H groups in total.